The van der Waals surface area contributed by atoms with Crippen molar-refractivity contribution in [1.29, 1.82) is 0 Å². The number of carbonyl (C=O) groups is 1. The van der Waals surface area contributed by atoms with Gasteiger partial charge in [-0.2, -0.15) is 0 Å². The molecule has 25 heavy (non-hydrogen) atoms. The molecular weight excluding hydrogens is 378 g/mol. The van der Waals surface area contributed by atoms with E-state index in [0.29, 0.717) is 10.9 Å². The van der Waals surface area contributed by atoms with Gasteiger partial charge in [-0.05, 0) is 48.7 Å². The molecule has 0 aliphatic carbocycles. The van der Waals surface area contributed by atoms with Crippen LogP contribution in [-0.4, -0.2) is 28.1 Å². The predicted molar refractivity (Wildman–Crippen MR) is 102 cm³/mol. The van der Waals surface area contributed by atoms with E-state index < -0.39 is 0 Å². The van der Waals surface area contributed by atoms with Gasteiger partial charge in [-0.25, -0.2) is 0 Å². The van der Waals surface area contributed by atoms with Crippen molar-refractivity contribution in [3.05, 3.63) is 53.6 Å². The smallest absolute Gasteiger partial charge is 0.322 e. The van der Waals surface area contributed by atoms with E-state index in [2.05, 4.69) is 15.5 Å². The van der Waals surface area contributed by atoms with Crippen molar-refractivity contribution in [2.24, 2.45) is 0 Å². The normalized spacial score (nSPS) is 10.6. The van der Waals surface area contributed by atoms with E-state index >= 15 is 0 Å². The number of amides is 1. The molecule has 0 bridgehead atoms. The molecule has 0 spiro atoms. The standard InChI is InChI=1S/C17H14ClN3O2S2/c1-24-14-4-2-3-11(9-14)16-20-21-17(23-16)19-15(22)10-25-13-7-5-12(18)6-8-13/h2-9H,10H2,1H3,(H,19,21,22). The highest BCUT2D eigenvalue weighted by atomic mass is 35.5. The molecule has 0 atom stereocenters. The second kappa shape index (κ2) is 8.42. The van der Waals surface area contributed by atoms with E-state index in [9.17, 15) is 4.79 Å². The average Bonchev–Trinajstić information content (AvgIpc) is 3.10. The third kappa shape index (κ3) is 5.01. The Bertz CT molecular complexity index is 868. The third-order valence-corrected chi connectivity index (χ3v) is 5.16. The highest BCUT2D eigenvalue weighted by Gasteiger charge is 2.12. The molecular formula is C17H14ClN3O2S2. The second-order valence-corrected chi connectivity index (χ2v) is 7.30. The largest absolute Gasteiger partial charge is 0.403 e. The first-order chi connectivity index (χ1) is 12.1. The highest BCUT2D eigenvalue weighted by molar-refractivity contribution is 8.00. The van der Waals surface area contributed by atoms with Crippen LogP contribution >= 0.6 is 35.1 Å². The van der Waals surface area contributed by atoms with E-state index in [4.69, 9.17) is 16.0 Å². The number of aromatic nitrogens is 2. The topological polar surface area (TPSA) is 68.0 Å². The first kappa shape index (κ1) is 17.8. The monoisotopic (exact) mass is 391 g/mol. The molecule has 0 aliphatic rings. The number of halogens is 1. The third-order valence-electron chi connectivity index (χ3n) is 3.17. The Labute approximate surface area is 158 Å². The molecule has 128 valence electrons. The zero-order chi connectivity index (χ0) is 17.6. The number of nitrogens with zero attached hydrogens (tertiary/aromatic N) is 2. The van der Waals surface area contributed by atoms with Gasteiger partial charge in [-0.3, -0.25) is 10.1 Å². The lowest BCUT2D eigenvalue weighted by atomic mass is 10.2. The molecule has 0 unspecified atom stereocenters. The fourth-order valence-electron chi connectivity index (χ4n) is 1.98. The van der Waals surface area contributed by atoms with Crippen molar-refractivity contribution in [2.45, 2.75) is 9.79 Å². The van der Waals surface area contributed by atoms with E-state index in [-0.39, 0.29) is 17.7 Å². The number of nitrogens with one attached hydrogen (secondary N) is 1. The Hall–Kier alpha value is -1.96. The minimum atomic E-state index is -0.215. The second-order valence-electron chi connectivity index (χ2n) is 4.94. The van der Waals surface area contributed by atoms with E-state index in [1.165, 1.54) is 11.8 Å². The Balaban J connectivity index is 1.58. The molecule has 8 heteroatoms. The number of hydrogen-bond donors (Lipinski definition) is 1. The Morgan fingerprint density at radius 2 is 1.96 bits per heavy atom. The van der Waals surface area contributed by atoms with Gasteiger partial charge in [0, 0.05) is 20.4 Å². The molecule has 0 fully saturated rings. The van der Waals surface area contributed by atoms with Crippen LogP contribution in [-0.2, 0) is 4.79 Å². The summed E-state index contributed by atoms with van der Waals surface area (Å²) in [6.45, 7) is 0. The lowest BCUT2D eigenvalue weighted by Gasteiger charge is -2.01. The lowest BCUT2D eigenvalue weighted by molar-refractivity contribution is -0.113. The Kier molecular flexibility index (Phi) is 6.01. The number of hydrogen-bond acceptors (Lipinski definition) is 6. The summed E-state index contributed by atoms with van der Waals surface area (Å²) in [5.41, 5.74) is 0.815. The first-order valence-corrected chi connectivity index (χ1v) is 9.89. The molecule has 0 aliphatic heterocycles. The highest BCUT2D eigenvalue weighted by Crippen LogP contribution is 2.25. The number of anilines is 1. The summed E-state index contributed by atoms with van der Waals surface area (Å²) in [6.07, 6.45) is 2.00. The maximum absolute atomic E-state index is 12.0. The fraction of sp³-hybridized carbons (Fsp3) is 0.118. The van der Waals surface area contributed by atoms with Gasteiger partial charge in [0.2, 0.25) is 11.8 Å². The van der Waals surface area contributed by atoms with Crippen molar-refractivity contribution in [2.75, 3.05) is 17.3 Å². The maximum atomic E-state index is 12.0. The van der Waals surface area contributed by atoms with E-state index in [1.54, 1.807) is 23.9 Å². The number of carbonyl (C=O) groups excluding carboxylic acids is 1. The SMILES string of the molecule is CSc1cccc(-c2nnc(NC(=O)CSc3ccc(Cl)cc3)o2)c1. The van der Waals surface area contributed by atoms with Gasteiger partial charge >= 0.3 is 6.01 Å². The summed E-state index contributed by atoms with van der Waals surface area (Å²) in [4.78, 5) is 14.1. The zero-order valence-electron chi connectivity index (χ0n) is 13.2. The summed E-state index contributed by atoms with van der Waals surface area (Å²) in [6, 6.07) is 15.2. The molecule has 3 aromatic rings. The summed E-state index contributed by atoms with van der Waals surface area (Å²) >= 11 is 8.87. The Morgan fingerprint density at radius 3 is 2.72 bits per heavy atom. The van der Waals surface area contributed by atoms with Gasteiger partial charge < -0.3 is 4.42 Å². The van der Waals surface area contributed by atoms with E-state index in [1.807, 2.05) is 42.7 Å². The van der Waals surface area contributed by atoms with Crippen LogP contribution in [0.5, 0.6) is 0 Å². The lowest BCUT2D eigenvalue weighted by Crippen LogP contribution is -2.14. The summed E-state index contributed by atoms with van der Waals surface area (Å²) in [5, 5.41) is 11.1. The van der Waals surface area contributed by atoms with Crippen molar-refractivity contribution in [3.63, 3.8) is 0 Å². The number of rotatable bonds is 6. The van der Waals surface area contributed by atoms with Crippen LogP contribution in [0.4, 0.5) is 6.01 Å². The van der Waals surface area contributed by atoms with E-state index in [0.717, 1.165) is 15.4 Å². The average molecular weight is 392 g/mol. The molecule has 0 saturated heterocycles. The molecule has 0 saturated carbocycles. The molecule has 3 rings (SSSR count). The van der Waals surface area contributed by atoms with Crippen LogP contribution < -0.4 is 5.32 Å². The van der Waals surface area contributed by atoms with Crippen LogP contribution in [0.1, 0.15) is 0 Å². The molecule has 1 N–H and O–H groups in total. The van der Waals surface area contributed by atoms with Crippen LogP contribution in [0.3, 0.4) is 0 Å². The van der Waals surface area contributed by atoms with Gasteiger partial charge in [-0.15, -0.1) is 28.6 Å². The van der Waals surface area contributed by atoms with Crippen LogP contribution in [0.15, 0.2) is 62.7 Å². The van der Waals surface area contributed by atoms with Gasteiger partial charge in [0.05, 0.1) is 5.75 Å². The Morgan fingerprint density at radius 1 is 1.16 bits per heavy atom. The minimum absolute atomic E-state index is 0.0891. The molecule has 5 nitrogen and oxygen atoms in total. The minimum Gasteiger partial charge on any atom is -0.403 e. The van der Waals surface area contributed by atoms with Crippen molar-refractivity contribution < 1.29 is 9.21 Å². The predicted octanol–water partition coefficient (Wildman–Crippen LogP) is 4.84. The summed E-state index contributed by atoms with van der Waals surface area (Å²) in [7, 11) is 0. The molecule has 1 amide bonds. The van der Waals surface area contributed by atoms with Crippen LogP contribution in [0.2, 0.25) is 5.02 Å². The summed E-state index contributed by atoms with van der Waals surface area (Å²) in [5.74, 6) is 0.394. The number of benzene rings is 2. The van der Waals surface area contributed by atoms with Crippen molar-refractivity contribution in [1.82, 2.24) is 10.2 Å². The molecule has 1 aromatic heterocycles. The zero-order valence-corrected chi connectivity index (χ0v) is 15.6. The first-order valence-electron chi connectivity index (χ1n) is 7.30. The molecule has 2 aromatic carbocycles. The van der Waals surface area contributed by atoms with Gasteiger partial charge in [-0.1, -0.05) is 22.8 Å². The number of thioether (sulfide) groups is 2. The quantitative estimate of drug-likeness (QED) is 0.606. The molecule has 1 heterocycles. The summed E-state index contributed by atoms with van der Waals surface area (Å²) < 4.78 is 5.52. The van der Waals surface area contributed by atoms with Crippen LogP contribution in [0, 0.1) is 0 Å². The maximum Gasteiger partial charge on any atom is 0.322 e. The van der Waals surface area contributed by atoms with Gasteiger partial charge in [0.1, 0.15) is 0 Å². The van der Waals surface area contributed by atoms with Crippen LogP contribution in [0.25, 0.3) is 11.5 Å². The van der Waals surface area contributed by atoms with Gasteiger partial charge in [0.15, 0.2) is 0 Å². The van der Waals surface area contributed by atoms with Crippen molar-refractivity contribution in [3.8, 4) is 11.5 Å². The van der Waals surface area contributed by atoms with Gasteiger partial charge in [0.25, 0.3) is 0 Å². The fourth-order valence-corrected chi connectivity index (χ4v) is 3.27. The van der Waals surface area contributed by atoms with Crippen molar-refractivity contribution >= 4 is 47.0 Å². The molecule has 0 radical (unpaired) electrons.